The number of rotatable bonds is 8. The second kappa shape index (κ2) is 9.38. The van der Waals surface area contributed by atoms with Crippen LogP contribution in [0, 0.1) is 6.92 Å². The fraction of sp³-hybridized carbons (Fsp3) is 0.524. The molecular weight excluding hydrogens is 402 g/mol. The average molecular weight is 434 g/mol. The minimum absolute atomic E-state index is 0.0763. The van der Waals surface area contributed by atoms with E-state index in [0.29, 0.717) is 29.8 Å². The molecule has 1 aromatic heterocycles. The molecule has 1 saturated heterocycles. The number of hydrogen-bond donors (Lipinski definition) is 1. The molecule has 1 atom stereocenters. The largest absolute Gasteiger partial charge is 0.351 e. The number of carbonyl (C=O) groups is 1. The van der Waals surface area contributed by atoms with Crippen LogP contribution in [-0.4, -0.2) is 93.3 Å². The van der Waals surface area contributed by atoms with Gasteiger partial charge in [-0.25, -0.2) is 8.42 Å². The molecule has 0 saturated carbocycles. The fourth-order valence-electron chi connectivity index (χ4n) is 3.76. The van der Waals surface area contributed by atoms with Crippen LogP contribution in [0.4, 0.5) is 0 Å². The third kappa shape index (κ3) is 5.15. The van der Waals surface area contributed by atoms with Crippen LogP contribution in [0.1, 0.15) is 12.0 Å². The van der Waals surface area contributed by atoms with E-state index in [1.54, 1.807) is 24.5 Å². The van der Waals surface area contributed by atoms with Crippen molar-refractivity contribution in [2.75, 3.05) is 53.9 Å². The summed E-state index contributed by atoms with van der Waals surface area (Å²) in [4.78, 5) is 20.9. The minimum Gasteiger partial charge on any atom is -0.351 e. The normalized spacial score (nSPS) is 17.9. The molecule has 2 heterocycles. The van der Waals surface area contributed by atoms with Gasteiger partial charge in [0.1, 0.15) is 0 Å². The van der Waals surface area contributed by atoms with Gasteiger partial charge in [-0.1, -0.05) is 12.1 Å². The van der Waals surface area contributed by atoms with Gasteiger partial charge < -0.3 is 10.2 Å². The predicted octanol–water partition coefficient (Wildman–Crippen LogP) is 0.916. The molecule has 8 nitrogen and oxygen atoms in total. The maximum absolute atomic E-state index is 13.3. The number of likely N-dealkylation sites (N-methyl/N-ethyl adjacent to an activating group) is 2. The van der Waals surface area contributed by atoms with Gasteiger partial charge in [0, 0.05) is 55.4 Å². The summed E-state index contributed by atoms with van der Waals surface area (Å²) >= 11 is 0. The van der Waals surface area contributed by atoms with Crippen molar-refractivity contribution in [3.05, 3.63) is 36.2 Å². The smallest absolute Gasteiger partial charge is 0.243 e. The van der Waals surface area contributed by atoms with E-state index < -0.39 is 10.0 Å². The topological polar surface area (TPSA) is 85.8 Å². The maximum atomic E-state index is 13.3. The summed E-state index contributed by atoms with van der Waals surface area (Å²) in [7, 11) is 2.24. The van der Waals surface area contributed by atoms with Crippen molar-refractivity contribution in [3.8, 4) is 0 Å². The average Bonchev–Trinajstić information content (AvgIpc) is 3.15. The van der Waals surface area contributed by atoms with E-state index in [-0.39, 0.29) is 18.5 Å². The van der Waals surface area contributed by atoms with Crippen molar-refractivity contribution in [2.24, 2.45) is 0 Å². The van der Waals surface area contributed by atoms with Crippen molar-refractivity contribution < 1.29 is 13.2 Å². The first-order valence-corrected chi connectivity index (χ1v) is 11.6. The number of nitrogens with one attached hydrogen (secondary N) is 1. The van der Waals surface area contributed by atoms with Crippen molar-refractivity contribution in [2.45, 2.75) is 24.3 Å². The third-order valence-corrected chi connectivity index (χ3v) is 7.32. The monoisotopic (exact) mass is 433 g/mol. The van der Waals surface area contributed by atoms with E-state index in [4.69, 9.17) is 0 Å². The van der Waals surface area contributed by atoms with Crippen LogP contribution < -0.4 is 5.32 Å². The highest BCUT2D eigenvalue weighted by Crippen LogP contribution is 2.29. The second-order valence-electron chi connectivity index (χ2n) is 8.27. The number of amides is 1. The van der Waals surface area contributed by atoms with Crippen molar-refractivity contribution >= 4 is 26.7 Å². The minimum atomic E-state index is -3.66. The van der Waals surface area contributed by atoms with Crippen LogP contribution in [0.15, 0.2) is 35.5 Å². The van der Waals surface area contributed by atoms with E-state index in [1.165, 1.54) is 4.31 Å². The van der Waals surface area contributed by atoms with Gasteiger partial charge in [-0.05, 0) is 46.1 Å². The van der Waals surface area contributed by atoms with E-state index in [2.05, 4.69) is 15.2 Å². The Morgan fingerprint density at radius 1 is 1.23 bits per heavy atom. The van der Waals surface area contributed by atoms with Crippen molar-refractivity contribution in [1.82, 2.24) is 24.4 Å². The molecule has 0 unspecified atom stereocenters. The van der Waals surface area contributed by atoms with Gasteiger partial charge in [-0.2, -0.15) is 4.31 Å². The number of sulfonamides is 1. The van der Waals surface area contributed by atoms with Gasteiger partial charge in [-0.15, -0.1) is 0 Å². The van der Waals surface area contributed by atoms with Crippen LogP contribution >= 0.6 is 0 Å². The van der Waals surface area contributed by atoms with Gasteiger partial charge in [-0.3, -0.25) is 14.7 Å². The Bertz CT molecular complexity index is 1000. The van der Waals surface area contributed by atoms with Crippen LogP contribution in [0.3, 0.4) is 0 Å². The molecule has 0 spiro atoms. The van der Waals surface area contributed by atoms with Gasteiger partial charge in [0.2, 0.25) is 15.9 Å². The molecule has 1 aliphatic rings. The van der Waals surface area contributed by atoms with Crippen LogP contribution in [0.25, 0.3) is 10.8 Å². The summed E-state index contributed by atoms with van der Waals surface area (Å²) in [5, 5.41) is 4.51. The molecule has 0 bridgehead atoms. The number of hydrogen-bond acceptors (Lipinski definition) is 6. The molecule has 164 valence electrons. The molecular formula is C21H31N5O3S. The number of aromatic nitrogens is 1. The Morgan fingerprint density at radius 3 is 2.73 bits per heavy atom. The highest BCUT2D eigenvalue weighted by atomic mass is 32.2. The Balaban J connectivity index is 1.66. The number of fused-ring (bicyclic) bond motifs is 1. The highest BCUT2D eigenvalue weighted by molar-refractivity contribution is 7.89. The lowest BCUT2D eigenvalue weighted by molar-refractivity contribution is -0.122. The zero-order valence-electron chi connectivity index (χ0n) is 18.1. The molecule has 1 amide bonds. The molecule has 0 aliphatic carbocycles. The Morgan fingerprint density at radius 2 is 2.00 bits per heavy atom. The summed E-state index contributed by atoms with van der Waals surface area (Å²) in [5.74, 6) is -0.0763. The molecule has 0 radical (unpaired) electrons. The Labute approximate surface area is 178 Å². The van der Waals surface area contributed by atoms with E-state index in [1.807, 2.05) is 39.0 Å². The van der Waals surface area contributed by atoms with E-state index in [0.717, 1.165) is 24.0 Å². The number of pyridine rings is 1. The first kappa shape index (κ1) is 22.6. The summed E-state index contributed by atoms with van der Waals surface area (Å²) in [5.41, 5.74) is 0.830. The van der Waals surface area contributed by atoms with Crippen LogP contribution in [0.5, 0.6) is 0 Å². The lowest BCUT2D eigenvalue weighted by Crippen LogP contribution is -2.43. The second-order valence-corrected chi connectivity index (χ2v) is 10.2. The quantitative estimate of drug-likeness (QED) is 0.666. The molecule has 9 heteroatoms. The third-order valence-electron chi connectivity index (χ3n) is 5.41. The standard InChI is InChI=1S/C21H31N5O3S/c1-16-12-22-13-17-6-5-7-19(21(16)17)30(28,29)26-9-8-18(14-26)23-20(27)15-25(4)11-10-24(2)3/h5-7,12-13,18H,8-11,14-15H2,1-4H3,(H,23,27)/t18-/m0/s1. The Hall–Kier alpha value is -2.07. The summed E-state index contributed by atoms with van der Waals surface area (Å²) < 4.78 is 28.2. The first-order chi connectivity index (χ1) is 14.2. The summed E-state index contributed by atoms with van der Waals surface area (Å²) in [6.45, 7) is 4.52. The summed E-state index contributed by atoms with van der Waals surface area (Å²) in [6, 6.07) is 5.09. The highest BCUT2D eigenvalue weighted by Gasteiger charge is 2.34. The van der Waals surface area contributed by atoms with Crippen LogP contribution in [-0.2, 0) is 14.8 Å². The molecule has 1 N–H and O–H groups in total. The first-order valence-electron chi connectivity index (χ1n) is 10.1. The zero-order valence-corrected chi connectivity index (χ0v) is 18.9. The van der Waals surface area contributed by atoms with Gasteiger partial charge >= 0.3 is 0 Å². The SMILES string of the molecule is Cc1cncc2cccc(S(=O)(=O)N3CC[C@H](NC(=O)CN(C)CCN(C)C)C3)c12. The number of nitrogens with zero attached hydrogens (tertiary/aromatic N) is 4. The molecule has 3 rings (SSSR count). The molecule has 2 aromatic rings. The molecule has 30 heavy (non-hydrogen) atoms. The van der Waals surface area contributed by atoms with Gasteiger partial charge in [0.25, 0.3) is 0 Å². The summed E-state index contributed by atoms with van der Waals surface area (Å²) in [6.07, 6.45) is 3.97. The van der Waals surface area contributed by atoms with Gasteiger partial charge in [0.05, 0.1) is 11.4 Å². The van der Waals surface area contributed by atoms with Gasteiger partial charge in [0.15, 0.2) is 0 Å². The van der Waals surface area contributed by atoms with Crippen molar-refractivity contribution in [1.29, 1.82) is 0 Å². The van der Waals surface area contributed by atoms with E-state index >= 15 is 0 Å². The van der Waals surface area contributed by atoms with Crippen molar-refractivity contribution in [3.63, 3.8) is 0 Å². The lowest BCUT2D eigenvalue weighted by atomic mass is 10.1. The number of benzene rings is 1. The van der Waals surface area contributed by atoms with E-state index in [9.17, 15) is 13.2 Å². The Kier molecular flexibility index (Phi) is 7.07. The fourth-order valence-corrected chi connectivity index (χ4v) is 5.55. The zero-order chi connectivity index (χ0) is 21.9. The number of aryl methyl sites for hydroxylation is 1. The molecule has 1 aliphatic heterocycles. The lowest BCUT2D eigenvalue weighted by Gasteiger charge is -2.21. The van der Waals surface area contributed by atoms with Crippen LogP contribution in [0.2, 0.25) is 0 Å². The maximum Gasteiger partial charge on any atom is 0.243 e. The predicted molar refractivity (Wildman–Crippen MR) is 118 cm³/mol. The molecule has 1 aromatic carbocycles. The molecule has 1 fully saturated rings. The number of carbonyl (C=O) groups excluding carboxylic acids is 1.